The van der Waals surface area contributed by atoms with Crippen molar-refractivity contribution in [1.29, 1.82) is 0 Å². The van der Waals surface area contributed by atoms with E-state index in [1.165, 1.54) is 35.2 Å². The molecule has 0 aliphatic rings. The van der Waals surface area contributed by atoms with Gasteiger partial charge < -0.3 is 10.2 Å². The van der Waals surface area contributed by atoms with Gasteiger partial charge in [-0.25, -0.2) is 8.78 Å². The van der Waals surface area contributed by atoms with E-state index < -0.39 is 29.1 Å². The number of carbonyl (C=O) groups excluding carboxylic acids is 2. The van der Waals surface area contributed by atoms with Crippen molar-refractivity contribution < 1.29 is 18.4 Å². The van der Waals surface area contributed by atoms with Crippen molar-refractivity contribution in [2.45, 2.75) is 51.7 Å². The summed E-state index contributed by atoms with van der Waals surface area (Å²) >= 11 is 6.18. The summed E-state index contributed by atoms with van der Waals surface area (Å²) in [5.74, 6) is -1.80. The molecule has 1 N–H and O–H groups in total. The van der Waals surface area contributed by atoms with Crippen molar-refractivity contribution in [3.63, 3.8) is 0 Å². The molecule has 0 radical (unpaired) electrons. The van der Waals surface area contributed by atoms with Crippen molar-refractivity contribution in [2.24, 2.45) is 0 Å². The summed E-state index contributed by atoms with van der Waals surface area (Å²) in [5.41, 5.74) is 1.03. The molecule has 35 heavy (non-hydrogen) atoms. The van der Waals surface area contributed by atoms with Gasteiger partial charge >= 0.3 is 0 Å². The molecule has 2 amide bonds. The molecule has 0 saturated heterocycles. The Morgan fingerprint density at radius 1 is 0.914 bits per heavy atom. The third-order valence-corrected chi connectivity index (χ3v) is 5.78. The van der Waals surface area contributed by atoms with Crippen LogP contribution >= 0.6 is 11.6 Å². The zero-order valence-electron chi connectivity index (χ0n) is 20.0. The maximum Gasteiger partial charge on any atom is 0.243 e. The van der Waals surface area contributed by atoms with E-state index in [0.717, 1.165) is 5.56 Å². The fourth-order valence-electron chi connectivity index (χ4n) is 3.75. The van der Waals surface area contributed by atoms with Crippen molar-refractivity contribution in [3.8, 4) is 0 Å². The van der Waals surface area contributed by atoms with Gasteiger partial charge in [0.05, 0.1) is 6.42 Å². The number of rotatable bonds is 8. The molecule has 0 fully saturated rings. The summed E-state index contributed by atoms with van der Waals surface area (Å²) in [6, 6.07) is 18.4. The molecular weight excluding hydrogens is 470 g/mol. The van der Waals surface area contributed by atoms with E-state index in [1.54, 1.807) is 12.1 Å². The number of carbonyl (C=O) groups is 2. The van der Waals surface area contributed by atoms with Gasteiger partial charge in [-0.2, -0.15) is 0 Å². The summed E-state index contributed by atoms with van der Waals surface area (Å²) in [6.45, 7) is 5.61. The molecule has 0 heterocycles. The Morgan fingerprint density at radius 3 is 2.17 bits per heavy atom. The summed E-state index contributed by atoms with van der Waals surface area (Å²) in [5, 5.41) is 3.10. The number of amides is 2. The van der Waals surface area contributed by atoms with Crippen LogP contribution in [0.2, 0.25) is 5.02 Å². The van der Waals surface area contributed by atoms with Crippen LogP contribution in [-0.2, 0) is 29.0 Å². The van der Waals surface area contributed by atoms with Crippen molar-refractivity contribution >= 4 is 23.4 Å². The highest BCUT2D eigenvalue weighted by Gasteiger charge is 2.32. The molecule has 0 aliphatic carbocycles. The molecule has 0 aliphatic heterocycles. The molecule has 4 nitrogen and oxygen atoms in total. The second-order valence-electron chi connectivity index (χ2n) is 9.47. The SMILES string of the molecule is CC(C)(C)NC(=O)[C@H](Cc1ccccc1)N(Cc1ccc(F)cc1)C(=O)Cc1c(F)cccc1Cl. The molecule has 3 aromatic rings. The molecule has 0 bridgehead atoms. The largest absolute Gasteiger partial charge is 0.350 e. The smallest absolute Gasteiger partial charge is 0.243 e. The van der Waals surface area contributed by atoms with E-state index in [1.807, 2.05) is 51.1 Å². The van der Waals surface area contributed by atoms with Crippen LogP contribution in [0.3, 0.4) is 0 Å². The van der Waals surface area contributed by atoms with Gasteiger partial charge in [-0.1, -0.05) is 60.1 Å². The Kier molecular flexibility index (Phi) is 8.62. The molecule has 7 heteroatoms. The molecule has 3 rings (SSSR count). The van der Waals surface area contributed by atoms with Crippen molar-refractivity contribution in [2.75, 3.05) is 0 Å². The highest BCUT2D eigenvalue weighted by Crippen LogP contribution is 2.23. The minimum atomic E-state index is -0.889. The molecule has 0 spiro atoms. The lowest BCUT2D eigenvalue weighted by molar-refractivity contribution is -0.141. The van der Waals surface area contributed by atoms with Crippen LogP contribution in [0.4, 0.5) is 8.78 Å². The third-order valence-electron chi connectivity index (χ3n) is 5.43. The number of benzene rings is 3. The van der Waals surface area contributed by atoms with E-state index in [-0.39, 0.29) is 35.9 Å². The first-order valence-electron chi connectivity index (χ1n) is 11.4. The summed E-state index contributed by atoms with van der Waals surface area (Å²) < 4.78 is 28.0. The zero-order chi connectivity index (χ0) is 25.6. The predicted molar refractivity (Wildman–Crippen MR) is 134 cm³/mol. The lowest BCUT2D eigenvalue weighted by Gasteiger charge is -2.34. The van der Waals surface area contributed by atoms with E-state index >= 15 is 0 Å². The summed E-state index contributed by atoms with van der Waals surface area (Å²) in [6.07, 6.45) is -0.0680. The van der Waals surface area contributed by atoms with Crippen LogP contribution in [0, 0.1) is 11.6 Å². The lowest BCUT2D eigenvalue weighted by atomic mass is 9.99. The van der Waals surface area contributed by atoms with Gasteiger partial charge in [0.2, 0.25) is 11.8 Å². The second-order valence-corrected chi connectivity index (χ2v) is 9.88. The molecule has 1 atom stereocenters. The Hall–Kier alpha value is -3.25. The van der Waals surface area contributed by atoms with Gasteiger partial charge in [0, 0.05) is 29.1 Å². The molecule has 184 valence electrons. The number of nitrogens with zero attached hydrogens (tertiary/aromatic N) is 1. The maximum absolute atomic E-state index is 14.5. The number of hydrogen-bond donors (Lipinski definition) is 1. The van der Waals surface area contributed by atoms with E-state index in [0.29, 0.717) is 5.56 Å². The van der Waals surface area contributed by atoms with E-state index in [2.05, 4.69) is 5.32 Å². The van der Waals surface area contributed by atoms with Crippen LogP contribution in [0.1, 0.15) is 37.5 Å². The Morgan fingerprint density at radius 2 is 1.57 bits per heavy atom. The van der Waals surface area contributed by atoms with Crippen molar-refractivity contribution in [3.05, 3.63) is 106 Å². The van der Waals surface area contributed by atoms with E-state index in [4.69, 9.17) is 11.6 Å². The standard InChI is InChI=1S/C28H29ClF2N2O2/c1-28(2,3)32-27(35)25(16-19-8-5-4-6-9-19)33(18-20-12-14-21(30)15-13-20)26(34)17-22-23(29)10-7-11-24(22)31/h4-15,25H,16-18H2,1-3H3,(H,32,35)/t25-/m0/s1. The maximum atomic E-state index is 14.5. The fourth-order valence-corrected chi connectivity index (χ4v) is 3.98. The van der Waals surface area contributed by atoms with Crippen molar-refractivity contribution in [1.82, 2.24) is 10.2 Å². The van der Waals surface area contributed by atoms with Gasteiger partial charge in [0.25, 0.3) is 0 Å². The molecule has 0 unspecified atom stereocenters. The fraction of sp³-hybridized carbons (Fsp3) is 0.286. The molecule has 0 saturated carbocycles. The summed E-state index contributed by atoms with van der Waals surface area (Å²) in [4.78, 5) is 28.5. The van der Waals surface area contributed by atoms with E-state index in [9.17, 15) is 18.4 Å². The number of halogens is 3. The average molecular weight is 499 g/mol. The first-order chi connectivity index (χ1) is 16.5. The highest BCUT2D eigenvalue weighted by molar-refractivity contribution is 6.31. The highest BCUT2D eigenvalue weighted by atomic mass is 35.5. The van der Waals surface area contributed by atoms with Gasteiger partial charge in [-0.15, -0.1) is 0 Å². The molecule has 0 aromatic heterocycles. The minimum absolute atomic E-state index is 0.0419. The lowest BCUT2D eigenvalue weighted by Crippen LogP contribution is -2.54. The van der Waals surface area contributed by atoms with Crippen LogP contribution in [0.25, 0.3) is 0 Å². The van der Waals surface area contributed by atoms with Crippen LogP contribution in [0.5, 0.6) is 0 Å². The van der Waals surface area contributed by atoms with Crippen LogP contribution in [-0.4, -0.2) is 28.3 Å². The topological polar surface area (TPSA) is 49.4 Å². The first kappa shape index (κ1) is 26.4. The number of nitrogens with one attached hydrogen (secondary N) is 1. The van der Waals surface area contributed by atoms with Crippen LogP contribution in [0.15, 0.2) is 72.8 Å². The summed E-state index contributed by atoms with van der Waals surface area (Å²) in [7, 11) is 0. The Balaban J connectivity index is 2.02. The van der Waals surface area contributed by atoms with Gasteiger partial charge in [-0.05, 0) is 56.2 Å². The van der Waals surface area contributed by atoms with Gasteiger partial charge in [0.15, 0.2) is 0 Å². The third kappa shape index (κ3) is 7.62. The van der Waals surface area contributed by atoms with Crippen LogP contribution < -0.4 is 5.32 Å². The Labute approximate surface area is 209 Å². The van der Waals surface area contributed by atoms with Gasteiger partial charge in [0.1, 0.15) is 17.7 Å². The minimum Gasteiger partial charge on any atom is -0.350 e. The normalized spacial score (nSPS) is 12.2. The monoisotopic (exact) mass is 498 g/mol. The number of hydrogen-bond acceptors (Lipinski definition) is 2. The predicted octanol–water partition coefficient (Wildman–Crippen LogP) is 5.72. The second kappa shape index (κ2) is 11.5. The molecule has 3 aromatic carbocycles. The molecular formula is C28H29ClF2N2O2. The Bertz CT molecular complexity index is 1140. The zero-order valence-corrected chi connectivity index (χ0v) is 20.8. The quantitative estimate of drug-likeness (QED) is 0.432. The van der Waals surface area contributed by atoms with Gasteiger partial charge in [-0.3, -0.25) is 9.59 Å². The average Bonchev–Trinajstić information content (AvgIpc) is 2.79. The first-order valence-corrected chi connectivity index (χ1v) is 11.7.